The van der Waals surface area contributed by atoms with E-state index < -0.39 is 0 Å². The van der Waals surface area contributed by atoms with Crippen molar-refractivity contribution in [1.29, 1.82) is 0 Å². The molecular weight excluding hydrogens is 250 g/mol. The molecule has 2 heteroatoms. The van der Waals surface area contributed by atoms with Crippen molar-refractivity contribution in [1.82, 2.24) is 5.32 Å². The van der Waals surface area contributed by atoms with Crippen LogP contribution in [0.15, 0.2) is 41.4 Å². The summed E-state index contributed by atoms with van der Waals surface area (Å²) in [6.45, 7) is 9.07. The van der Waals surface area contributed by atoms with Crippen LogP contribution in [0, 0.1) is 0 Å². The van der Waals surface area contributed by atoms with Gasteiger partial charge in [0.2, 0.25) is 0 Å². The van der Waals surface area contributed by atoms with Crippen LogP contribution in [-0.4, -0.2) is 12.6 Å². The number of hydrogen-bond acceptors (Lipinski definition) is 1. The smallest absolute Gasteiger partial charge is 0.0219 e. The Kier molecular flexibility index (Phi) is 5.06. The standard InChI is InChI=1S/C13H18BrN/c1-4-11(3)15-9-10(2)12-6-5-7-13(14)8-12/h4-8,10-11,15H,1,9H2,2-3H3. The molecule has 1 aromatic rings. The zero-order chi connectivity index (χ0) is 11.3. The lowest BCUT2D eigenvalue weighted by Gasteiger charge is -2.15. The van der Waals surface area contributed by atoms with Crippen molar-refractivity contribution in [3.63, 3.8) is 0 Å². The van der Waals surface area contributed by atoms with E-state index in [1.807, 2.05) is 6.08 Å². The lowest BCUT2D eigenvalue weighted by Crippen LogP contribution is -2.27. The summed E-state index contributed by atoms with van der Waals surface area (Å²) in [7, 11) is 0. The van der Waals surface area contributed by atoms with E-state index >= 15 is 0 Å². The van der Waals surface area contributed by atoms with Gasteiger partial charge in [0.25, 0.3) is 0 Å². The van der Waals surface area contributed by atoms with Crippen molar-refractivity contribution in [3.05, 3.63) is 47.0 Å². The Hall–Kier alpha value is -0.600. The van der Waals surface area contributed by atoms with E-state index in [2.05, 4.69) is 65.9 Å². The maximum atomic E-state index is 3.76. The van der Waals surface area contributed by atoms with Crippen LogP contribution in [0.25, 0.3) is 0 Å². The van der Waals surface area contributed by atoms with Crippen molar-refractivity contribution in [2.75, 3.05) is 6.54 Å². The second-order valence-corrected chi connectivity index (χ2v) is 4.80. The second-order valence-electron chi connectivity index (χ2n) is 3.89. The molecule has 0 bridgehead atoms. The van der Waals surface area contributed by atoms with Gasteiger partial charge < -0.3 is 5.32 Å². The van der Waals surface area contributed by atoms with Crippen LogP contribution in [0.5, 0.6) is 0 Å². The number of nitrogens with one attached hydrogen (secondary N) is 1. The molecule has 0 aliphatic rings. The van der Waals surface area contributed by atoms with Crippen molar-refractivity contribution >= 4 is 15.9 Å². The SMILES string of the molecule is C=CC(C)NCC(C)c1cccc(Br)c1. The third kappa shape index (κ3) is 4.18. The first-order valence-corrected chi connectivity index (χ1v) is 6.04. The van der Waals surface area contributed by atoms with Crippen LogP contribution >= 0.6 is 15.9 Å². The fourth-order valence-electron chi connectivity index (χ4n) is 1.38. The molecular formula is C13H18BrN. The molecule has 0 saturated heterocycles. The van der Waals surface area contributed by atoms with Gasteiger partial charge in [0.15, 0.2) is 0 Å². The van der Waals surface area contributed by atoms with Crippen LogP contribution in [0.3, 0.4) is 0 Å². The van der Waals surface area contributed by atoms with E-state index in [0.717, 1.165) is 11.0 Å². The van der Waals surface area contributed by atoms with Gasteiger partial charge in [-0.25, -0.2) is 0 Å². The van der Waals surface area contributed by atoms with Crippen LogP contribution in [-0.2, 0) is 0 Å². The van der Waals surface area contributed by atoms with Crippen molar-refractivity contribution in [2.24, 2.45) is 0 Å². The summed E-state index contributed by atoms with van der Waals surface area (Å²) in [6, 6.07) is 8.84. The Labute approximate surface area is 101 Å². The average molecular weight is 268 g/mol. The first-order chi connectivity index (χ1) is 7.13. The van der Waals surface area contributed by atoms with Crippen molar-refractivity contribution in [3.8, 4) is 0 Å². The second kappa shape index (κ2) is 6.09. The minimum Gasteiger partial charge on any atom is -0.310 e. The molecule has 1 rings (SSSR count). The summed E-state index contributed by atoms with van der Waals surface area (Å²) < 4.78 is 1.14. The van der Waals surface area contributed by atoms with Crippen molar-refractivity contribution in [2.45, 2.75) is 25.8 Å². The van der Waals surface area contributed by atoms with E-state index in [9.17, 15) is 0 Å². The van der Waals surface area contributed by atoms with Gasteiger partial charge in [0.1, 0.15) is 0 Å². The molecule has 2 unspecified atom stereocenters. The quantitative estimate of drug-likeness (QED) is 0.802. The van der Waals surface area contributed by atoms with Gasteiger partial charge in [-0.05, 0) is 30.5 Å². The Morgan fingerprint density at radius 1 is 1.47 bits per heavy atom. The van der Waals surface area contributed by atoms with Gasteiger partial charge in [-0.2, -0.15) is 0 Å². The third-order valence-electron chi connectivity index (χ3n) is 2.52. The molecule has 0 aromatic heterocycles. The number of hydrogen-bond donors (Lipinski definition) is 1. The van der Waals surface area contributed by atoms with E-state index in [4.69, 9.17) is 0 Å². The van der Waals surface area contributed by atoms with Gasteiger partial charge in [-0.1, -0.05) is 41.1 Å². The molecule has 0 radical (unpaired) electrons. The predicted octanol–water partition coefficient (Wildman–Crippen LogP) is 3.72. The lowest BCUT2D eigenvalue weighted by atomic mass is 10.0. The van der Waals surface area contributed by atoms with Gasteiger partial charge >= 0.3 is 0 Å². The zero-order valence-corrected chi connectivity index (χ0v) is 10.9. The lowest BCUT2D eigenvalue weighted by molar-refractivity contribution is 0.579. The van der Waals surface area contributed by atoms with Crippen LogP contribution in [0.4, 0.5) is 0 Å². The topological polar surface area (TPSA) is 12.0 Å². The van der Waals surface area contributed by atoms with E-state index in [0.29, 0.717) is 12.0 Å². The summed E-state index contributed by atoms with van der Waals surface area (Å²) in [5.41, 5.74) is 1.35. The monoisotopic (exact) mass is 267 g/mol. The highest BCUT2D eigenvalue weighted by atomic mass is 79.9. The summed E-state index contributed by atoms with van der Waals surface area (Å²) in [6.07, 6.45) is 1.92. The maximum absolute atomic E-state index is 3.76. The molecule has 1 N–H and O–H groups in total. The molecule has 1 aromatic carbocycles. The predicted molar refractivity (Wildman–Crippen MR) is 70.2 cm³/mol. The number of rotatable bonds is 5. The highest BCUT2D eigenvalue weighted by Crippen LogP contribution is 2.19. The molecule has 0 aliphatic carbocycles. The molecule has 0 spiro atoms. The van der Waals surface area contributed by atoms with E-state index in [1.165, 1.54) is 5.56 Å². The summed E-state index contributed by atoms with van der Waals surface area (Å²) in [5, 5.41) is 3.42. The molecule has 1 nitrogen and oxygen atoms in total. The fourth-order valence-corrected chi connectivity index (χ4v) is 1.79. The molecule has 0 fully saturated rings. The fraction of sp³-hybridized carbons (Fsp3) is 0.385. The zero-order valence-electron chi connectivity index (χ0n) is 9.33. The van der Waals surface area contributed by atoms with Crippen LogP contribution in [0.2, 0.25) is 0 Å². The molecule has 2 atom stereocenters. The summed E-state index contributed by atoms with van der Waals surface area (Å²) in [5.74, 6) is 0.518. The Balaban J connectivity index is 2.53. The van der Waals surface area contributed by atoms with Crippen molar-refractivity contribution < 1.29 is 0 Å². The summed E-state index contributed by atoms with van der Waals surface area (Å²) >= 11 is 3.49. The first-order valence-electron chi connectivity index (χ1n) is 5.25. The first kappa shape index (κ1) is 12.5. The van der Waals surface area contributed by atoms with E-state index in [1.54, 1.807) is 0 Å². The number of benzene rings is 1. The molecule has 0 saturated carbocycles. The third-order valence-corrected chi connectivity index (χ3v) is 3.01. The van der Waals surface area contributed by atoms with Gasteiger partial charge in [-0.3, -0.25) is 0 Å². The summed E-state index contributed by atoms with van der Waals surface area (Å²) in [4.78, 5) is 0. The van der Waals surface area contributed by atoms with Gasteiger partial charge in [-0.15, -0.1) is 6.58 Å². The van der Waals surface area contributed by atoms with Crippen LogP contribution in [0.1, 0.15) is 25.3 Å². The average Bonchev–Trinajstić information content (AvgIpc) is 2.25. The molecule has 82 valence electrons. The van der Waals surface area contributed by atoms with E-state index in [-0.39, 0.29) is 0 Å². The van der Waals surface area contributed by atoms with Gasteiger partial charge in [0, 0.05) is 17.1 Å². The highest BCUT2D eigenvalue weighted by molar-refractivity contribution is 9.10. The Bertz CT molecular complexity index is 322. The molecule has 0 aliphatic heterocycles. The number of halogens is 1. The Morgan fingerprint density at radius 3 is 2.80 bits per heavy atom. The Morgan fingerprint density at radius 2 is 2.20 bits per heavy atom. The minimum atomic E-state index is 0.375. The maximum Gasteiger partial charge on any atom is 0.0219 e. The largest absolute Gasteiger partial charge is 0.310 e. The normalized spacial score (nSPS) is 14.6. The minimum absolute atomic E-state index is 0.375. The molecule has 15 heavy (non-hydrogen) atoms. The van der Waals surface area contributed by atoms with Gasteiger partial charge in [0.05, 0.1) is 0 Å². The molecule has 0 amide bonds. The molecule has 0 heterocycles. The highest BCUT2D eigenvalue weighted by Gasteiger charge is 2.06. The van der Waals surface area contributed by atoms with Crippen LogP contribution < -0.4 is 5.32 Å².